The number of rotatable bonds is 6. The summed E-state index contributed by atoms with van der Waals surface area (Å²) >= 11 is 6.87. The van der Waals surface area contributed by atoms with Gasteiger partial charge >= 0.3 is 5.69 Å². The van der Waals surface area contributed by atoms with Gasteiger partial charge in [0.25, 0.3) is 0 Å². The van der Waals surface area contributed by atoms with Crippen LogP contribution in [0.2, 0.25) is 5.02 Å². The fourth-order valence-electron chi connectivity index (χ4n) is 5.13. The van der Waals surface area contributed by atoms with Gasteiger partial charge in [-0.2, -0.15) is 15.2 Å². The quantitative estimate of drug-likeness (QED) is 0.262. The zero-order valence-corrected chi connectivity index (χ0v) is 25.7. The molecule has 2 aliphatic heterocycles. The molecule has 2 aliphatic rings. The van der Waals surface area contributed by atoms with Crippen molar-refractivity contribution < 1.29 is 9.53 Å². The van der Waals surface area contributed by atoms with E-state index in [0.717, 1.165) is 16.0 Å². The van der Waals surface area contributed by atoms with Crippen LogP contribution in [0.15, 0.2) is 59.7 Å². The number of H-pyrrole nitrogens is 1. The number of piperazine rings is 1. The van der Waals surface area contributed by atoms with Crippen LogP contribution in [0.5, 0.6) is 5.75 Å². The average Bonchev–Trinajstić information content (AvgIpc) is 3.46. The summed E-state index contributed by atoms with van der Waals surface area (Å²) in [6, 6.07) is 1.70. The number of hydrogen-bond acceptors (Lipinski definition) is 8. The first-order chi connectivity index (χ1) is 20.6. The van der Waals surface area contributed by atoms with E-state index in [-0.39, 0.29) is 23.7 Å². The normalized spacial score (nSPS) is 18.7. The predicted octanol–water partition coefficient (Wildman–Crippen LogP) is 2.64. The Morgan fingerprint density at radius 2 is 2.05 bits per heavy atom. The molecule has 0 saturated carbocycles. The highest BCUT2D eigenvalue weighted by atomic mass is 35.5. The number of benzene rings is 1. The molecule has 0 bridgehead atoms. The topological polar surface area (TPSA) is 112 Å². The van der Waals surface area contributed by atoms with E-state index in [9.17, 15) is 9.59 Å². The van der Waals surface area contributed by atoms with Crippen molar-refractivity contribution in [1.82, 2.24) is 29.7 Å². The maximum atomic E-state index is 13.2. The SMILES string of the molecule is C=CC(=O)N1C[C@H](C)N(c2nc(=O)n3c4c(c(\C=c5/cn[nH]/c5=C/C=C/C)c(Cl)cc24)OCC3)C[C@H]1C.C=CN(C)N=C. The van der Waals surface area contributed by atoms with Gasteiger partial charge < -0.3 is 14.5 Å². The zero-order valence-electron chi connectivity index (χ0n) is 25.0. The second-order valence-corrected chi connectivity index (χ2v) is 10.6. The molecule has 43 heavy (non-hydrogen) atoms. The number of nitrogens with zero attached hydrogens (tertiary/aromatic N) is 7. The minimum absolute atomic E-state index is 0.0704. The molecule has 11 nitrogen and oxygen atoms in total. The lowest BCUT2D eigenvalue weighted by Crippen LogP contribution is -2.58. The Bertz CT molecular complexity index is 1750. The number of anilines is 1. The molecule has 226 valence electrons. The molecular weight excluding hydrogens is 568 g/mol. The zero-order chi connectivity index (χ0) is 31.3. The highest BCUT2D eigenvalue weighted by Gasteiger charge is 2.34. The second-order valence-electron chi connectivity index (χ2n) is 10.2. The predicted molar refractivity (Wildman–Crippen MR) is 173 cm³/mol. The number of halogens is 1. The van der Waals surface area contributed by atoms with Crippen LogP contribution >= 0.6 is 11.6 Å². The van der Waals surface area contributed by atoms with E-state index in [1.54, 1.807) is 28.9 Å². The number of hydrogen-bond donors (Lipinski definition) is 1. The third kappa shape index (κ3) is 6.41. The van der Waals surface area contributed by atoms with Crippen LogP contribution in [0, 0.1) is 0 Å². The number of aromatic amines is 1. The van der Waals surface area contributed by atoms with Crippen LogP contribution in [0.4, 0.5) is 5.82 Å². The Kier molecular flexibility index (Phi) is 9.87. The third-order valence-corrected chi connectivity index (χ3v) is 7.72. The summed E-state index contributed by atoms with van der Waals surface area (Å²) in [4.78, 5) is 33.9. The van der Waals surface area contributed by atoms with Gasteiger partial charge in [-0.05, 0) is 45.1 Å². The molecule has 1 fully saturated rings. The second kappa shape index (κ2) is 13.6. The lowest BCUT2D eigenvalue weighted by molar-refractivity contribution is -0.128. The van der Waals surface area contributed by atoms with Crippen LogP contribution in [-0.2, 0) is 11.3 Å². The lowest BCUT2D eigenvalue weighted by atomic mass is 10.0. The van der Waals surface area contributed by atoms with Crippen molar-refractivity contribution in [2.75, 3.05) is 31.6 Å². The van der Waals surface area contributed by atoms with Crippen molar-refractivity contribution in [1.29, 1.82) is 0 Å². The Balaban J connectivity index is 0.000000641. The molecule has 12 heteroatoms. The van der Waals surface area contributed by atoms with E-state index in [0.29, 0.717) is 53.9 Å². The summed E-state index contributed by atoms with van der Waals surface area (Å²) in [6.07, 6.45) is 12.3. The number of allylic oxidation sites excluding steroid dienone is 2. The monoisotopic (exact) mass is 604 g/mol. The maximum Gasteiger partial charge on any atom is 0.350 e. The number of amides is 1. The molecule has 3 aromatic rings. The molecule has 4 heterocycles. The van der Waals surface area contributed by atoms with E-state index in [1.165, 1.54) is 11.1 Å². The number of hydrazone groups is 1. The van der Waals surface area contributed by atoms with Gasteiger partial charge in [0.1, 0.15) is 12.4 Å². The first-order valence-electron chi connectivity index (χ1n) is 13.9. The molecule has 1 amide bonds. The molecule has 1 N–H and O–H groups in total. The molecule has 0 aliphatic carbocycles. The van der Waals surface area contributed by atoms with Gasteiger partial charge in [-0.25, -0.2) is 4.79 Å². The van der Waals surface area contributed by atoms with Crippen LogP contribution in [-0.4, -0.2) is 81.1 Å². The van der Waals surface area contributed by atoms with Gasteiger partial charge in [-0.1, -0.05) is 36.9 Å². The van der Waals surface area contributed by atoms with Gasteiger partial charge in [-0.3, -0.25) is 19.5 Å². The number of carbonyl (C=O) groups is 1. The summed E-state index contributed by atoms with van der Waals surface area (Å²) in [7, 11) is 1.76. The molecule has 5 rings (SSSR count). The largest absolute Gasteiger partial charge is 0.489 e. The molecule has 1 aromatic carbocycles. The Morgan fingerprint density at radius 3 is 2.70 bits per heavy atom. The molecule has 2 atom stereocenters. The number of ether oxygens (including phenoxy) is 1. The van der Waals surface area contributed by atoms with E-state index in [2.05, 4.69) is 45.1 Å². The van der Waals surface area contributed by atoms with Crippen LogP contribution in [0.25, 0.3) is 23.1 Å². The Hall–Kier alpha value is -4.64. The van der Waals surface area contributed by atoms with Crippen LogP contribution in [0.3, 0.4) is 0 Å². The smallest absolute Gasteiger partial charge is 0.350 e. The summed E-state index contributed by atoms with van der Waals surface area (Å²) in [5.74, 6) is 0.992. The first kappa shape index (κ1) is 31.3. The van der Waals surface area contributed by atoms with Crippen molar-refractivity contribution in [3.8, 4) is 5.75 Å². The van der Waals surface area contributed by atoms with E-state index in [4.69, 9.17) is 16.3 Å². The van der Waals surface area contributed by atoms with Crippen molar-refractivity contribution in [2.45, 2.75) is 39.4 Å². The van der Waals surface area contributed by atoms with Crippen molar-refractivity contribution >= 4 is 53.1 Å². The third-order valence-electron chi connectivity index (χ3n) is 7.41. The molecule has 0 unspecified atom stereocenters. The molecule has 1 saturated heterocycles. The molecule has 0 radical (unpaired) electrons. The highest BCUT2D eigenvalue weighted by molar-refractivity contribution is 6.33. The van der Waals surface area contributed by atoms with Crippen molar-refractivity contribution in [3.63, 3.8) is 0 Å². The summed E-state index contributed by atoms with van der Waals surface area (Å²) in [6.45, 7) is 18.0. The van der Waals surface area contributed by atoms with E-state index >= 15 is 0 Å². The van der Waals surface area contributed by atoms with Gasteiger partial charge in [0.05, 0.1) is 28.6 Å². The molecule has 0 spiro atoms. The number of aromatic nitrogens is 4. The summed E-state index contributed by atoms with van der Waals surface area (Å²) in [5, 5.41) is 15.1. The fourth-order valence-corrected chi connectivity index (χ4v) is 5.38. The first-order valence-corrected chi connectivity index (χ1v) is 14.3. The Morgan fingerprint density at radius 1 is 1.28 bits per heavy atom. The number of nitrogens with one attached hydrogen (secondary N) is 1. The van der Waals surface area contributed by atoms with Crippen molar-refractivity contribution in [3.05, 3.63) is 81.5 Å². The molecule has 2 aromatic heterocycles. The van der Waals surface area contributed by atoms with Gasteiger partial charge in [0.2, 0.25) is 5.91 Å². The minimum atomic E-state index is -0.338. The summed E-state index contributed by atoms with van der Waals surface area (Å²) < 4.78 is 7.80. The van der Waals surface area contributed by atoms with Gasteiger partial charge in [0.15, 0.2) is 5.75 Å². The van der Waals surface area contributed by atoms with Gasteiger partial charge in [-0.15, -0.1) is 0 Å². The standard InChI is InChI=1S/C27H29ClN6O3.C4H8N2/c1-5-7-8-22-18(13-29-31-22)11-19-21(28)12-20-24-25(19)37-10-9-32(24)27(36)30-26(20)34-15-16(3)33(14-17(34)4)23(35)6-2;1-4-6(3)5-2/h5-8,11-13,16-17,31H,2,9-10,14-15H2,1,3-4H3;4H,1-2H2,3H3/b7-5+,18-11+,22-8+;/t16-,17+;/m1./s1. The van der Waals surface area contributed by atoms with Gasteiger partial charge in [0, 0.05) is 61.3 Å². The minimum Gasteiger partial charge on any atom is -0.489 e. The molecular formula is C31H37ClN8O3. The average molecular weight is 605 g/mol. The van der Waals surface area contributed by atoms with Crippen LogP contribution in [0.1, 0.15) is 26.3 Å². The van der Waals surface area contributed by atoms with Crippen LogP contribution < -0.4 is 25.9 Å². The Labute approximate surface area is 255 Å². The van der Waals surface area contributed by atoms with E-state index < -0.39 is 0 Å². The van der Waals surface area contributed by atoms with Crippen molar-refractivity contribution in [2.24, 2.45) is 5.10 Å². The summed E-state index contributed by atoms with van der Waals surface area (Å²) in [5.41, 5.74) is 1.01. The number of carbonyl (C=O) groups excluding carboxylic acids is 1. The fraction of sp³-hybridized carbons (Fsp3) is 0.323. The highest BCUT2D eigenvalue weighted by Crippen LogP contribution is 2.40. The maximum absolute atomic E-state index is 13.2. The van der Waals surface area contributed by atoms with E-state index in [1.807, 2.05) is 51.1 Å². The lowest BCUT2D eigenvalue weighted by Gasteiger charge is -2.44.